The second kappa shape index (κ2) is 10.3. The number of hydrogen-bond acceptors (Lipinski definition) is 4. The maximum Gasteiger partial charge on any atom is 0.186 e. The number of nitrogens with one attached hydrogen (secondary N) is 2. The van der Waals surface area contributed by atoms with Crippen LogP contribution in [0.2, 0.25) is 10.0 Å². The molecule has 0 saturated carbocycles. The van der Waals surface area contributed by atoms with E-state index in [-0.39, 0.29) is 0 Å². The number of thiocarbonyl (C=S) groups is 1. The highest BCUT2D eigenvalue weighted by molar-refractivity contribution is 7.80. The van der Waals surface area contributed by atoms with E-state index in [4.69, 9.17) is 40.2 Å². The fourth-order valence-corrected chi connectivity index (χ4v) is 4.01. The van der Waals surface area contributed by atoms with Gasteiger partial charge in [0, 0.05) is 35.4 Å². The number of morpholine rings is 1. The Balaban J connectivity index is 1.89. The van der Waals surface area contributed by atoms with Crippen molar-refractivity contribution >= 4 is 52.8 Å². The summed E-state index contributed by atoms with van der Waals surface area (Å²) < 4.78 is 5.53. The van der Waals surface area contributed by atoms with E-state index < -0.39 is 0 Å². The topological polar surface area (TPSA) is 48.9 Å². The minimum atomic E-state index is 0.522. The number of nitrogens with zero attached hydrogens (tertiary/aromatic N) is 2. The van der Waals surface area contributed by atoms with Crippen LogP contribution in [0.5, 0.6) is 0 Å². The van der Waals surface area contributed by atoms with E-state index >= 15 is 0 Å². The third kappa shape index (κ3) is 5.47. The zero-order valence-corrected chi connectivity index (χ0v) is 18.1. The van der Waals surface area contributed by atoms with E-state index in [0.29, 0.717) is 15.2 Å². The quantitative estimate of drug-likeness (QED) is 0.409. The molecule has 0 atom stereocenters. The third-order valence-corrected chi connectivity index (χ3v) is 5.41. The van der Waals surface area contributed by atoms with Crippen LogP contribution in [-0.2, 0) is 4.74 Å². The summed E-state index contributed by atoms with van der Waals surface area (Å²) in [5.74, 6) is 0. The van der Waals surface area contributed by atoms with Gasteiger partial charge in [-0.3, -0.25) is 5.43 Å². The fourth-order valence-electron chi connectivity index (χ4n) is 3.35. The molecule has 0 spiro atoms. The third-order valence-electron chi connectivity index (χ3n) is 4.62. The minimum absolute atomic E-state index is 0.522. The molecule has 0 radical (unpaired) electrons. The molecular weight excluding hydrogens is 415 g/mol. The monoisotopic (exact) mass is 438 g/mol. The van der Waals surface area contributed by atoms with Crippen molar-refractivity contribution in [3.8, 4) is 0 Å². The second-order valence-corrected chi connectivity index (χ2v) is 7.79. The Hall–Kier alpha value is -1.60. The number of hydrazone groups is 1. The molecule has 1 heterocycles. The lowest BCUT2D eigenvalue weighted by molar-refractivity contribution is 0.0548. The van der Waals surface area contributed by atoms with Gasteiger partial charge in [-0.1, -0.05) is 29.3 Å². The summed E-state index contributed by atoms with van der Waals surface area (Å²) in [4.78, 5) is 2.37. The van der Waals surface area contributed by atoms with E-state index in [2.05, 4.69) is 26.8 Å². The van der Waals surface area contributed by atoms with Crippen molar-refractivity contribution in [3.05, 3.63) is 50.7 Å². The Morgan fingerprint density at radius 2 is 2.07 bits per heavy atom. The predicted octanol–water partition coefficient (Wildman–Crippen LogP) is 4.23. The molecule has 2 N–H and O–H groups in total. The average molecular weight is 439 g/mol. The molecule has 1 aliphatic heterocycles. The first-order chi connectivity index (χ1) is 13.6. The van der Waals surface area contributed by atoms with Gasteiger partial charge in [0.1, 0.15) is 0 Å². The number of benzene rings is 1. The first-order valence-corrected chi connectivity index (χ1v) is 10.5. The first kappa shape index (κ1) is 21.1. The summed E-state index contributed by atoms with van der Waals surface area (Å²) in [5.41, 5.74) is 7.49. The lowest BCUT2D eigenvalue weighted by Gasteiger charge is -2.31. The van der Waals surface area contributed by atoms with Crippen molar-refractivity contribution < 1.29 is 4.74 Å². The molecule has 5 nitrogen and oxygen atoms in total. The maximum atomic E-state index is 6.39. The normalized spacial score (nSPS) is 19.0. The highest BCUT2D eigenvalue weighted by Crippen LogP contribution is 2.36. The van der Waals surface area contributed by atoms with Crippen LogP contribution in [0.25, 0.3) is 6.08 Å². The van der Waals surface area contributed by atoms with Crippen LogP contribution in [0.4, 0.5) is 0 Å². The Morgan fingerprint density at radius 1 is 1.29 bits per heavy atom. The Kier molecular flexibility index (Phi) is 7.73. The number of ether oxygens (including phenoxy) is 1. The van der Waals surface area contributed by atoms with Crippen molar-refractivity contribution in [2.24, 2.45) is 5.10 Å². The maximum absolute atomic E-state index is 6.39. The van der Waals surface area contributed by atoms with Crippen molar-refractivity contribution in [1.29, 1.82) is 0 Å². The summed E-state index contributed by atoms with van der Waals surface area (Å²) in [6.45, 7) is 5.94. The molecule has 150 valence electrons. The molecule has 2 aliphatic rings. The van der Waals surface area contributed by atoms with Crippen LogP contribution in [0.15, 0.2) is 40.1 Å². The van der Waals surface area contributed by atoms with Crippen LogP contribution in [0.1, 0.15) is 25.3 Å². The highest BCUT2D eigenvalue weighted by atomic mass is 35.5. The molecule has 1 aromatic carbocycles. The molecule has 1 aromatic rings. The highest BCUT2D eigenvalue weighted by Gasteiger charge is 2.25. The minimum Gasteiger partial charge on any atom is -0.378 e. The molecule has 28 heavy (non-hydrogen) atoms. The van der Waals surface area contributed by atoms with Crippen LogP contribution < -0.4 is 10.7 Å². The van der Waals surface area contributed by atoms with Crippen LogP contribution in [0, 0.1) is 0 Å². The van der Waals surface area contributed by atoms with Gasteiger partial charge in [0.2, 0.25) is 0 Å². The molecular formula is C20H24Cl2N4OS. The van der Waals surface area contributed by atoms with Crippen LogP contribution >= 0.6 is 35.4 Å². The van der Waals surface area contributed by atoms with Gasteiger partial charge in [0.05, 0.1) is 19.4 Å². The van der Waals surface area contributed by atoms with Crippen LogP contribution in [-0.4, -0.2) is 49.1 Å². The SMILES string of the molecule is CCNC(=S)NN=CC1=C(N2CCOCC2)C(=Cc2ccc(Cl)cc2Cl)CC1. The summed E-state index contributed by atoms with van der Waals surface area (Å²) >= 11 is 17.6. The summed E-state index contributed by atoms with van der Waals surface area (Å²) in [6, 6.07) is 5.59. The van der Waals surface area contributed by atoms with E-state index in [1.807, 2.05) is 25.3 Å². The summed E-state index contributed by atoms with van der Waals surface area (Å²) in [7, 11) is 0. The van der Waals surface area contributed by atoms with Gasteiger partial charge in [-0.25, -0.2) is 0 Å². The number of allylic oxidation sites excluding steroid dienone is 2. The van der Waals surface area contributed by atoms with E-state index in [1.165, 1.54) is 16.8 Å². The zero-order valence-electron chi connectivity index (χ0n) is 15.8. The largest absolute Gasteiger partial charge is 0.378 e. The molecule has 8 heteroatoms. The first-order valence-electron chi connectivity index (χ1n) is 9.37. The zero-order chi connectivity index (χ0) is 19.9. The number of hydrogen-bond donors (Lipinski definition) is 2. The fraction of sp³-hybridized carbons (Fsp3) is 0.400. The van der Waals surface area contributed by atoms with Gasteiger partial charge in [-0.05, 0) is 66.9 Å². The molecule has 1 aliphatic carbocycles. The van der Waals surface area contributed by atoms with Gasteiger partial charge in [0.15, 0.2) is 5.11 Å². The van der Waals surface area contributed by atoms with Crippen molar-refractivity contribution in [2.75, 3.05) is 32.8 Å². The van der Waals surface area contributed by atoms with E-state index in [1.54, 1.807) is 6.07 Å². The lowest BCUT2D eigenvalue weighted by atomic mass is 10.1. The molecule has 0 unspecified atom stereocenters. The van der Waals surface area contributed by atoms with Crippen molar-refractivity contribution in [2.45, 2.75) is 19.8 Å². The Labute approximate surface area is 181 Å². The standard InChI is InChI=1S/C20H24Cl2N4OS/c1-2-23-20(28)25-24-13-16-4-3-15(19(16)26-7-9-27-10-8-26)11-14-5-6-17(21)12-18(14)22/h5-6,11-13H,2-4,7-10H2,1H3,(H2,23,25,28). The molecule has 1 fully saturated rings. The van der Waals surface area contributed by atoms with Gasteiger partial charge in [0.25, 0.3) is 0 Å². The molecule has 0 bridgehead atoms. The number of halogens is 2. The van der Waals surface area contributed by atoms with E-state index in [9.17, 15) is 0 Å². The predicted molar refractivity (Wildman–Crippen MR) is 121 cm³/mol. The Morgan fingerprint density at radius 3 is 2.79 bits per heavy atom. The van der Waals surface area contributed by atoms with Gasteiger partial charge in [-0.15, -0.1) is 0 Å². The smallest absolute Gasteiger partial charge is 0.186 e. The Bertz CT molecular complexity index is 816. The lowest BCUT2D eigenvalue weighted by Crippen LogP contribution is -2.36. The average Bonchev–Trinajstić information content (AvgIpc) is 3.07. The molecule has 0 amide bonds. The van der Waals surface area contributed by atoms with Gasteiger partial charge >= 0.3 is 0 Å². The summed E-state index contributed by atoms with van der Waals surface area (Å²) in [6.07, 6.45) is 5.88. The van der Waals surface area contributed by atoms with Crippen molar-refractivity contribution in [1.82, 2.24) is 15.6 Å². The summed E-state index contributed by atoms with van der Waals surface area (Å²) in [5, 5.41) is 9.16. The van der Waals surface area contributed by atoms with Gasteiger partial charge < -0.3 is 15.0 Å². The van der Waals surface area contributed by atoms with Crippen LogP contribution in [0.3, 0.4) is 0 Å². The van der Waals surface area contributed by atoms with Gasteiger partial charge in [-0.2, -0.15) is 5.10 Å². The molecule has 0 aromatic heterocycles. The molecule has 1 saturated heterocycles. The second-order valence-electron chi connectivity index (χ2n) is 6.54. The van der Waals surface area contributed by atoms with E-state index in [0.717, 1.165) is 51.3 Å². The molecule has 3 rings (SSSR count). The van der Waals surface area contributed by atoms with Crippen molar-refractivity contribution in [3.63, 3.8) is 0 Å². The number of rotatable bonds is 5.